The summed E-state index contributed by atoms with van der Waals surface area (Å²) in [7, 11) is 1.67. The fraction of sp³-hybridized carbons (Fsp3) is 0.412. The third-order valence-corrected chi connectivity index (χ3v) is 4.41. The van der Waals surface area contributed by atoms with E-state index >= 15 is 0 Å². The van der Waals surface area contributed by atoms with E-state index in [9.17, 15) is 23.1 Å². The summed E-state index contributed by atoms with van der Waals surface area (Å²) in [6, 6.07) is 4.35. The minimum absolute atomic E-state index is 0.00134. The molecule has 0 spiro atoms. The molecule has 0 saturated carbocycles. The Bertz CT molecular complexity index is 801. The van der Waals surface area contributed by atoms with Crippen LogP contribution in [0.15, 0.2) is 30.5 Å². The van der Waals surface area contributed by atoms with Gasteiger partial charge in [-0.3, -0.25) is 9.48 Å². The zero-order chi connectivity index (χ0) is 18.4. The van der Waals surface area contributed by atoms with Gasteiger partial charge in [0.2, 0.25) is 0 Å². The highest BCUT2D eigenvalue weighted by atomic mass is 19.4. The lowest BCUT2D eigenvalue weighted by Crippen LogP contribution is -2.32. The zero-order valence-electron chi connectivity index (χ0n) is 13.8. The summed E-state index contributed by atoms with van der Waals surface area (Å²) in [5, 5.41) is 14.1. The number of benzene rings is 1. The van der Waals surface area contributed by atoms with Crippen molar-refractivity contribution < 1.29 is 23.1 Å². The molecule has 25 heavy (non-hydrogen) atoms. The van der Waals surface area contributed by atoms with Gasteiger partial charge in [0.25, 0.3) is 5.91 Å². The average molecular weight is 353 g/mol. The van der Waals surface area contributed by atoms with Crippen molar-refractivity contribution >= 4 is 5.91 Å². The topological polar surface area (TPSA) is 58.4 Å². The lowest BCUT2D eigenvalue weighted by molar-refractivity contribution is -0.138. The van der Waals surface area contributed by atoms with Gasteiger partial charge in [0, 0.05) is 19.8 Å². The summed E-state index contributed by atoms with van der Waals surface area (Å²) in [4.78, 5) is 14.2. The number of aryl methyl sites for hydroxylation is 2. The summed E-state index contributed by atoms with van der Waals surface area (Å²) < 4.78 is 41.5. The van der Waals surface area contributed by atoms with Gasteiger partial charge in [-0.2, -0.15) is 18.3 Å². The fourth-order valence-electron chi connectivity index (χ4n) is 3.34. The van der Waals surface area contributed by atoms with E-state index in [0.717, 1.165) is 6.07 Å². The quantitative estimate of drug-likeness (QED) is 0.903. The van der Waals surface area contributed by atoms with Crippen LogP contribution in [-0.4, -0.2) is 38.3 Å². The Morgan fingerprint density at radius 3 is 2.60 bits per heavy atom. The van der Waals surface area contributed by atoms with Crippen LogP contribution in [0.1, 0.15) is 39.6 Å². The molecule has 1 aliphatic rings. The maximum absolute atomic E-state index is 13.3. The van der Waals surface area contributed by atoms with Crippen LogP contribution in [0.3, 0.4) is 0 Å². The second kappa shape index (κ2) is 6.18. The van der Waals surface area contributed by atoms with Crippen LogP contribution in [0.5, 0.6) is 0 Å². The van der Waals surface area contributed by atoms with Crippen LogP contribution in [-0.2, 0) is 13.2 Å². The predicted octanol–water partition coefficient (Wildman–Crippen LogP) is 2.70. The van der Waals surface area contributed by atoms with Crippen LogP contribution in [0, 0.1) is 6.92 Å². The molecule has 1 amide bonds. The summed E-state index contributed by atoms with van der Waals surface area (Å²) >= 11 is 0. The molecule has 2 atom stereocenters. The highest BCUT2D eigenvalue weighted by Crippen LogP contribution is 2.41. The number of hydrogen-bond acceptors (Lipinski definition) is 3. The normalized spacial score (nSPS) is 21.0. The third kappa shape index (κ3) is 3.26. The van der Waals surface area contributed by atoms with Crippen molar-refractivity contribution in [1.29, 1.82) is 0 Å². The molecule has 2 heterocycles. The van der Waals surface area contributed by atoms with E-state index in [1.165, 1.54) is 34.0 Å². The number of likely N-dealkylation sites (tertiary alicyclic amines) is 1. The Morgan fingerprint density at radius 1 is 1.32 bits per heavy atom. The Labute approximate surface area is 142 Å². The highest BCUT2D eigenvalue weighted by molar-refractivity contribution is 5.95. The van der Waals surface area contributed by atoms with E-state index in [1.807, 2.05) is 0 Å². The summed E-state index contributed by atoms with van der Waals surface area (Å²) in [5.74, 6) is -0.427. The smallest absolute Gasteiger partial charge is 0.391 e. The maximum Gasteiger partial charge on any atom is 0.416 e. The Morgan fingerprint density at radius 2 is 2.00 bits per heavy atom. The second-order valence-electron chi connectivity index (χ2n) is 6.25. The fourth-order valence-corrected chi connectivity index (χ4v) is 3.34. The van der Waals surface area contributed by atoms with Gasteiger partial charge in [0.1, 0.15) is 0 Å². The molecule has 5 nitrogen and oxygen atoms in total. The number of hydrogen-bond donors (Lipinski definition) is 1. The molecule has 1 saturated heterocycles. The molecule has 3 rings (SSSR count). The molecule has 134 valence electrons. The summed E-state index contributed by atoms with van der Waals surface area (Å²) in [5.41, 5.74) is 0.0408. The molecule has 8 heteroatoms. The minimum Gasteiger partial charge on any atom is -0.391 e. The first-order chi connectivity index (χ1) is 11.7. The molecular weight excluding hydrogens is 335 g/mol. The van der Waals surface area contributed by atoms with Gasteiger partial charge in [-0.05, 0) is 25.0 Å². The van der Waals surface area contributed by atoms with Gasteiger partial charge < -0.3 is 10.0 Å². The van der Waals surface area contributed by atoms with Crippen molar-refractivity contribution in [2.45, 2.75) is 31.7 Å². The number of rotatable bonds is 2. The Kier molecular flexibility index (Phi) is 4.32. The third-order valence-electron chi connectivity index (χ3n) is 4.41. The second-order valence-corrected chi connectivity index (χ2v) is 6.25. The lowest BCUT2D eigenvalue weighted by Gasteiger charge is -2.27. The minimum atomic E-state index is -4.52. The van der Waals surface area contributed by atoms with Crippen LogP contribution < -0.4 is 0 Å². The molecule has 0 aliphatic carbocycles. The van der Waals surface area contributed by atoms with Crippen LogP contribution in [0.2, 0.25) is 0 Å². The number of amides is 1. The van der Waals surface area contributed by atoms with Crippen LogP contribution in [0.4, 0.5) is 13.2 Å². The number of aliphatic hydroxyl groups is 1. The number of β-amino-alcohol motifs (C(OH)–C–C–N with tert-alkyl or cyclic N) is 1. The summed E-state index contributed by atoms with van der Waals surface area (Å²) in [6.07, 6.45) is -3.79. The van der Waals surface area contributed by atoms with Crippen LogP contribution >= 0.6 is 0 Å². The molecule has 2 aromatic rings. The molecule has 0 unspecified atom stereocenters. The van der Waals surface area contributed by atoms with E-state index in [1.54, 1.807) is 14.0 Å². The molecule has 0 radical (unpaired) electrons. The first-order valence-corrected chi connectivity index (χ1v) is 7.84. The van der Waals surface area contributed by atoms with Crippen molar-refractivity contribution in [3.63, 3.8) is 0 Å². The highest BCUT2D eigenvalue weighted by Gasteiger charge is 2.42. The Hall–Kier alpha value is -2.35. The lowest BCUT2D eigenvalue weighted by atomic mass is 9.97. The number of aliphatic hydroxyl groups excluding tert-OH is 1. The number of carbonyl (C=O) groups is 1. The maximum atomic E-state index is 13.3. The standard InChI is InChI=1S/C17H18F3N3O2/c1-10-13(9-22(2)21-10)16(25)23-8-11(24)7-15(23)12-5-3-4-6-14(12)17(18,19)20/h3-6,9,11,15,24H,7-8H2,1-2H3/t11-,15+/m0/s1. The molecule has 1 aromatic carbocycles. The molecule has 0 bridgehead atoms. The van der Waals surface area contributed by atoms with E-state index < -0.39 is 29.8 Å². The monoisotopic (exact) mass is 353 g/mol. The van der Waals surface area contributed by atoms with Crippen molar-refractivity contribution in [1.82, 2.24) is 14.7 Å². The number of halogens is 3. The van der Waals surface area contributed by atoms with Gasteiger partial charge in [-0.15, -0.1) is 0 Å². The number of aromatic nitrogens is 2. The number of alkyl halides is 3. The van der Waals surface area contributed by atoms with Crippen LogP contribution in [0.25, 0.3) is 0 Å². The average Bonchev–Trinajstić information content (AvgIpc) is 3.08. The molecule has 1 fully saturated rings. The molecular formula is C17H18F3N3O2. The van der Waals surface area contributed by atoms with Gasteiger partial charge >= 0.3 is 6.18 Å². The van der Waals surface area contributed by atoms with Crippen molar-refractivity contribution in [3.05, 3.63) is 52.8 Å². The van der Waals surface area contributed by atoms with Crippen molar-refractivity contribution in [3.8, 4) is 0 Å². The van der Waals surface area contributed by atoms with Crippen molar-refractivity contribution in [2.75, 3.05) is 6.54 Å². The predicted molar refractivity (Wildman–Crippen MR) is 83.8 cm³/mol. The van der Waals surface area contributed by atoms with Crippen molar-refractivity contribution in [2.24, 2.45) is 7.05 Å². The van der Waals surface area contributed by atoms with E-state index in [4.69, 9.17) is 0 Å². The van der Waals surface area contributed by atoms with E-state index in [-0.39, 0.29) is 18.5 Å². The summed E-state index contributed by atoms with van der Waals surface area (Å²) in [6.45, 7) is 1.66. The van der Waals surface area contributed by atoms with Gasteiger partial charge in [-0.25, -0.2) is 0 Å². The zero-order valence-corrected chi connectivity index (χ0v) is 13.8. The van der Waals surface area contributed by atoms with Gasteiger partial charge in [0.15, 0.2) is 0 Å². The van der Waals surface area contributed by atoms with E-state index in [0.29, 0.717) is 11.3 Å². The number of carbonyl (C=O) groups excluding carboxylic acids is 1. The molecule has 1 aromatic heterocycles. The first kappa shape index (κ1) is 17.5. The largest absolute Gasteiger partial charge is 0.416 e. The van der Waals surface area contributed by atoms with Gasteiger partial charge in [-0.1, -0.05) is 18.2 Å². The van der Waals surface area contributed by atoms with E-state index in [2.05, 4.69) is 5.10 Å². The Balaban J connectivity index is 2.01. The van der Waals surface area contributed by atoms with Gasteiger partial charge in [0.05, 0.1) is 29.0 Å². The molecule has 1 N–H and O–H groups in total. The first-order valence-electron chi connectivity index (χ1n) is 7.84. The number of nitrogens with zero attached hydrogens (tertiary/aromatic N) is 3. The molecule has 1 aliphatic heterocycles. The SMILES string of the molecule is Cc1nn(C)cc1C(=O)N1C[C@@H](O)C[C@@H]1c1ccccc1C(F)(F)F.